The van der Waals surface area contributed by atoms with E-state index < -0.39 is 0 Å². The number of amides is 2. The lowest BCUT2D eigenvalue weighted by Crippen LogP contribution is -2.40. The van der Waals surface area contributed by atoms with Crippen LogP contribution in [0.4, 0.5) is 0 Å². The van der Waals surface area contributed by atoms with Crippen molar-refractivity contribution in [2.24, 2.45) is 11.0 Å². The number of ether oxygens (including phenoxy) is 1. The van der Waals surface area contributed by atoms with Crippen molar-refractivity contribution in [3.8, 4) is 5.75 Å². The Morgan fingerprint density at radius 1 is 1.17 bits per heavy atom. The summed E-state index contributed by atoms with van der Waals surface area (Å²) < 4.78 is 5.38. The number of aryl methyl sites for hydroxylation is 2. The molecule has 2 aromatic carbocycles. The first-order valence-electron chi connectivity index (χ1n) is 15.0. The van der Waals surface area contributed by atoms with Gasteiger partial charge in [0.25, 0.3) is 5.91 Å². The third kappa shape index (κ3) is 5.63. The van der Waals surface area contributed by atoms with Crippen LogP contribution in [0.2, 0.25) is 0 Å². The highest BCUT2D eigenvalue weighted by molar-refractivity contribution is 8.00. The maximum Gasteiger partial charge on any atom is 0.262 e. The van der Waals surface area contributed by atoms with Crippen molar-refractivity contribution in [1.29, 1.82) is 0 Å². The lowest BCUT2D eigenvalue weighted by Gasteiger charge is -2.30. The van der Waals surface area contributed by atoms with Gasteiger partial charge >= 0.3 is 0 Å². The Bertz CT molecular complexity index is 1390. The maximum atomic E-state index is 13.8. The molecule has 2 aromatic rings. The normalized spacial score (nSPS) is 25.6. The second-order valence-corrected chi connectivity index (χ2v) is 13.3. The second kappa shape index (κ2) is 12.0. The summed E-state index contributed by atoms with van der Waals surface area (Å²) in [5.41, 5.74) is 5.61. The zero-order valence-electron chi connectivity index (χ0n) is 24.8. The monoisotopic (exact) mass is 587 g/mol. The van der Waals surface area contributed by atoms with Crippen molar-refractivity contribution < 1.29 is 14.3 Å². The molecule has 0 aromatic heterocycles. The Morgan fingerprint density at radius 3 is 2.76 bits per heavy atom. The molecule has 0 bridgehead atoms. The van der Waals surface area contributed by atoms with E-state index in [0.717, 1.165) is 66.3 Å². The molecule has 0 radical (unpaired) electrons. The number of likely N-dealkylation sites (N-methyl/N-ethyl adjacent to an activating group) is 1. The van der Waals surface area contributed by atoms with E-state index in [1.54, 1.807) is 24.1 Å². The van der Waals surface area contributed by atoms with Crippen LogP contribution in [-0.4, -0.2) is 71.2 Å². The van der Waals surface area contributed by atoms with E-state index in [4.69, 9.17) is 9.84 Å². The molecule has 8 nitrogen and oxygen atoms in total. The number of hydrogen-bond donors (Lipinski definition) is 2. The Hall–Kier alpha value is -3.46. The van der Waals surface area contributed by atoms with E-state index in [9.17, 15) is 9.59 Å². The summed E-state index contributed by atoms with van der Waals surface area (Å²) >= 11 is 2.00. The van der Waals surface area contributed by atoms with Gasteiger partial charge in [0.05, 0.1) is 36.8 Å². The Morgan fingerprint density at radius 2 is 1.98 bits per heavy atom. The van der Waals surface area contributed by atoms with Crippen LogP contribution < -0.4 is 15.4 Å². The first kappa shape index (κ1) is 28.6. The number of hydrogen-bond acceptors (Lipinski definition) is 7. The minimum atomic E-state index is -0.210. The van der Waals surface area contributed by atoms with Crippen molar-refractivity contribution in [3.63, 3.8) is 0 Å². The molecule has 0 spiro atoms. The molecule has 5 atom stereocenters. The fraction of sp³-hybridized carbons (Fsp3) is 0.485. The van der Waals surface area contributed by atoms with E-state index in [1.807, 2.05) is 36.0 Å². The molecule has 3 heterocycles. The van der Waals surface area contributed by atoms with Gasteiger partial charge in [0, 0.05) is 36.0 Å². The number of unbranched alkanes of at least 4 members (excludes halogenated alkanes) is 1. The number of rotatable bonds is 9. The highest BCUT2D eigenvalue weighted by atomic mass is 32.2. The van der Waals surface area contributed by atoms with E-state index in [1.165, 1.54) is 11.1 Å². The molecule has 2 fully saturated rings. The lowest BCUT2D eigenvalue weighted by molar-refractivity contribution is -0.141. The number of nitrogens with one attached hydrogen (secondary N) is 2. The van der Waals surface area contributed by atoms with Crippen LogP contribution in [0.3, 0.4) is 0 Å². The number of benzene rings is 2. The minimum Gasteiger partial charge on any atom is -0.497 e. The molecule has 4 aliphatic rings. The molecule has 42 heavy (non-hydrogen) atoms. The first-order valence-corrected chi connectivity index (χ1v) is 16.1. The van der Waals surface area contributed by atoms with E-state index >= 15 is 0 Å². The number of fused-ring (bicyclic) bond motifs is 4. The van der Waals surface area contributed by atoms with Crippen LogP contribution in [0.1, 0.15) is 60.4 Å². The predicted molar refractivity (Wildman–Crippen MR) is 167 cm³/mol. The number of nitrogens with zero attached hydrogens (tertiary/aromatic N) is 3. The van der Waals surface area contributed by atoms with Crippen LogP contribution >= 0.6 is 11.8 Å². The Labute approximate surface area is 252 Å². The number of carbonyl (C=O) groups excluding carboxylic acids is 2. The van der Waals surface area contributed by atoms with Gasteiger partial charge in [0.1, 0.15) is 12.3 Å². The van der Waals surface area contributed by atoms with Crippen molar-refractivity contribution in [1.82, 2.24) is 20.5 Å². The molecule has 1 unspecified atom stereocenters. The highest BCUT2D eigenvalue weighted by Crippen LogP contribution is 2.44. The molecular weight excluding hydrogens is 546 g/mol. The highest BCUT2D eigenvalue weighted by Gasteiger charge is 2.44. The van der Waals surface area contributed by atoms with Gasteiger partial charge in [0.15, 0.2) is 0 Å². The molecule has 2 N–H and O–H groups in total. The molecule has 222 valence electrons. The largest absolute Gasteiger partial charge is 0.497 e. The van der Waals surface area contributed by atoms with Gasteiger partial charge < -0.3 is 20.3 Å². The second-order valence-electron chi connectivity index (χ2n) is 12.0. The van der Waals surface area contributed by atoms with Crippen LogP contribution in [0.15, 0.2) is 60.0 Å². The summed E-state index contributed by atoms with van der Waals surface area (Å²) in [5, 5.41) is 14.0. The average molecular weight is 588 g/mol. The van der Waals surface area contributed by atoms with E-state index in [2.05, 4.69) is 42.3 Å². The molecule has 1 aliphatic carbocycles. The third-order valence-corrected chi connectivity index (χ3v) is 10.7. The molecule has 6 rings (SSSR count). The molecule has 2 saturated heterocycles. The average Bonchev–Trinajstić information content (AvgIpc) is 3.67. The van der Waals surface area contributed by atoms with Crippen LogP contribution in [-0.2, 0) is 16.0 Å². The Balaban J connectivity index is 1.10. The van der Waals surface area contributed by atoms with Gasteiger partial charge in [-0.05, 0) is 61.9 Å². The van der Waals surface area contributed by atoms with Gasteiger partial charge in [-0.1, -0.05) is 42.8 Å². The van der Waals surface area contributed by atoms with Gasteiger partial charge in [-0.25, -0.2) is 5.01 Å². The summed E-state index contributed by atoms with van der Waals surface area (Å²) in [6.45, 7) is 6.10. The van der Waals surface area contributed by atoms with Gasteiger partial charge in [-0.15, -0.1) is 0 Å². The summed E-state index contributed by atoms with van der Waals surface area (Å²) in [5.74, 6) is 2.74. The van der Waals surface area contributed by atoms with Crippen LogP contribution in [0.5, 0.6) is 5.75 Å². The lowest BCUT2D eigenvalue weighted by atomic mass is 9.77. The smallest absolute Gasteiger partial charge is 0.262 e. The zero-order chi connectivity index (χ0) is 29.4. The maximum absolute atomic E-state index is 13.8. The summed E-state index contributed by atoms with van der Waals surface area (Å²) in [7, 11) is 3.38. The molecule has 2 amide bonds. The van der Waals surface area contributed by atoms with Crippen molar-refractivity contribution in [3.05, 3.63) is 77.1 Å². The molecule has 0 saturated carbocycles. The van der Waals surface area contributed by atoms with Crippen molar-refractivity contribution >= 4 is 29.3 Å². The first-order chi connectivity index (χ1) is 20.3. The fourth-order valence-corrected chi connectivity index (χ4v) is 8.43. The number of methoxy groups -OCH3 is 1. The SMILES string of the molecule is C=C1N[C@H]2CSC(CCCCC(=O)N(C)CC(=O)N3N=C4c5cc(C)ccc5CC[C@H]4[C@H]3c3ccc(OC)cc3)[C@H]2N1. The fourth-order valence-electron chi connectivity index (χ4n) is 6.89. The van der Waals surface area contributed by atoms with Gasteiger partial charge in [0.2, 0.25) is 5.91 Å². The molecular formula is C33H41N5O3S. The number of hydrazone groups is 1. The molecule has 3 aliphatic heterocycles. The van der Waals surface area contributed by atoms with E-state index in [0.29, 0.717) is 23.8 Å². The quantitative estimate of drug-likeness (QED) is 0.424. The predicted octanol–water partition coefficient (Wildman–Crippen LogP) is 4.39. The standard InChI is InChI=1S/C33H41N5O3S/c1-20-9-10-22-13-16-25-31(26(22)17-20)36-38(33(25)23-11-14-24(41-4)15-12-23)30(40)18-37(3)29(39)8-6-5-7-28-32-27(19-42-28)34-21(2)35-32/h9-12,14-15,17,25,27-28,32-35H,2,5-8,13,16,18-19H2,1,3-4H3/t25-,27+,28?,32+,33-/m1/s1. The summed E-state index contributed by atoms with van der Waals surface area (Å²) in [6, 6.07) is 15.1. The van der Waals surface area contributed by atoms with Crippen LogP contribution in [0, 0.1) is 12.8 Å². The van der Waals surface area contributed by atoms with Crippen LogP contribution in [0.25, 0.3) is 0 Å². The van der Waals surface area contributed by atoms with Gasteiger partial charge in [-0.3, -0.25) is 9.59 Å². The summed E-state index contributed by atoms with van der Waals surface area (Å²) in [6.07, 6.45) is 5.20. The Kier molecular flexibility index (Phi) is 8.21. The minimum absolute atomic E-state index is 0.000529. The van der Waals surface area contributed by atoms with Crippen molar-refractivity contribution in [2.45, 2.75) is 68.8 Å². The van der Waals surface area contributed by atoms with E-state index in [-0.39, 0.29) is 30.3 Å². The zero-order valence-corrected chi connectivity index (χ0v) is 25.6. The third-order valence-electron chi connectivity index (χ3n) is 9.14. The topological polar surface area (TPSA) is 86.3 Å². The number of carbonyl (C=O) groups is 2. The summed E-state index contributed by atoms with van der Waals surface area (Å²) in [4.78, 5) is 28.4. The van der Waals surface area contributed by atoms with Gasteiger partial charge in [-0.2, -0.15) is 16.9 Å². The van der Waals surface area contributed by atoms with Crippen molar-refractivity contribution in [2.75, 3.05) is 26.5 Å². The molecule has 9 heteroatoms. The number of thioether (sulfide) groups is 1.